The third kappa shape index (κ3) is 9.85. The highest BCUT2D eigenvalue weighted by molar-refractivity contribution is 5.94. The molecular weight excluding hydrogens is 434 g/mol. The number of benzene rings is 1. The van der Waals surface area contributed by atoms with Gasteiger partial charge in [0.2, 0.25) is 17.7 Å². The molecule has 0 aromatic heterocycles. The predicted molar refractivity (Wildman–Crippen MR) is 119 cm³/mol. The van der Waals surface area contributed by atoms with Crippen molar-refractivity contribution < 1.29 is 34.5 Å². The summed E-state index contributed by atoms with van der Waals surface area (Å²) in [6.45, 7) is 1.16. The van der Waals surface area contributed by atoms with Crippen LogP contribution in [0.4, 0.5) is 0 Å². The van der Waals surface area contributed by atoms with Gasteiger partial charge in [-0.2, -0.15) is 0 Å². The van der Waals surface area contributed by atoms with E-state index in [-0.39, 0.29) is 18.6 Å². The smallest absolute Gasteiger partial charge is 0.326 e. The number of carboxylic acids is 1. The third-order valence-corrected chi connectivity index (χ3v) is 4.86. The zero-order valence-corrected chi connectivity index (χ0v) is 18.5. The highest BCUT2D eigenvalue weighted by Crippen LogP contribution is 2.12. The molecule has 0 aliphatic carbocycles. The fourth-order valence-corrected chi connectivity index (χ4v) is 2.87. The Balaban J connectivity index is 2.96. The van der Waals surface area contributed by atoms with E-state index in [2.05, 4.69) is 16.0 Å². The van der Waals surface area contributed by atoms with Crippen molar-refractivity contribution in [1.29, 1.82) is 0 Å². The van der Waals surface area contributed by atoms with E-state index in [9.17, 15) is 29.4 Å². The van der Waals surface area contributed by atoms with Gasteiger partial charge in [0.25, 0.3) is 0 Å². The topological polar surface area (TPSA) is 217 Å². The van der Waals surface area contributed by atoms with Crippen LogP contribution in [0.15, 0.2) is 24.3 Å². The molecule has 0 saturated heterocycles. The van der Waals surface area contributed by atoms with Crippen molar-refractivity contribution in [2.24, 2.45) is 11.5 Å². The Morgan fingerprint density at radius 2 is 1.55 bits per heavy atom. The normalized spacial score (nSPS) is 14.4. The van der Waals surface area contributed by atoms with Crippen LogP contribution in [0.25, 0.3) is 0 Å². The van der Waals surface area contributed by atoms with Crippen molar-refractivity contribution in [3.8, 4) is 5.75 Å². The number of carboxylic acid groups (broad SMARTS) is 1. The molecule has 0 saturated carbocycles. The lowest BCUT2D eigenvalue weighted by molar-refractivity contribution is -0.142. The molecular formula is C21H33N5O7. The minimum absolute atomic E-state index is 0.00378. The van der Waals surface area contributed by atoms with Gasteiger partial charge in [-0.15, -0.1) is 0 Å². The number of carbonyl (C=O) groups excluding carboxylic acids is 3. The molecule has 0 aliphatic rings. The molecule has 4 unspecified atom stereocenters. The number of aliphatic carboxylic acids is 1. The number of nitrogens with one attached hydrogen (secondary N) is 3. The second kappa shape index (κ2) is 14.0. The number of hydrogen-bond donors (Lipinski definition) is 8. The summed E-state index contributed by atoms with van der Waals surface area (Å²) in [5.41, 5.74) is 11.4. The molecule has 1 aromatic rings. The lowest BCUT2D eigenvalue weighted by atomic mass is 10.0. The summed E-state index contributed by atoms with van der Waals surface area (Å²) in [5, 5.41) is 35.1. The van der Waals surface area contributed by atoms with E-state index >= 15 is 0 Å². The van der Waals surface area contributed by atoms with Crippen molar-refractivity contribution in [1.82, 2.24) is 16.0 Å². The van der Waals surface area contributed by atoms with Gasteiger partial charge in [0.1, 0.15) is 29.9 Å². The number of amides is 3. The highest BCUT2D eigenvalue weighted by Gasteiger charge is 2.28. The van der Waals surface area contributed by atoms with E-state index < -0.39 is 54.5 Å². The van der Waals surface area contributed by atoms with Crippen LogP contribution in [0.3, 0.4) is 0 Å². The minimum Gasteiger partial charge on any atom is -0.508 e. The zero-order valence-electron chi connectivity index (χ0n) is 18.5. The van der Waals surface area contributed by atoms with Gasteiger partial charge in [0, 0.05) is 6.42 Å². The first-order valence-electron chi connectivity index (χ1n) is 10.6. The van der Waals surface area contributed by atoms with E-state index in [0.29, 0.717) is 24.9 Å². The van der Waals surface area contributed by atoms with Crippen LogP contribution in [0, 0.1) is 0 Å². The third-order valence-electron chi connectivity index (χ3n) is 4.86. The Hall–Kier alpha value is -3.22. The summed E-state index contributed by atoms with van der Waals surface area (Å²) < 4.78 is 0. The Bertz CT molecular complexity index is 803. The molecule has 0 aliphatic heterocycles. The van der Waals surface area contributed by atoms with Crippen LogP contribution < -0.4 is 27.4 Å². The SMILES string of the molecule is CC(NC(=O)C(N)CO)C(=O)NC(Cc1ccc(O)cc1)C(=O)NC(CCCCN)C(=O)O. The number of nitrogens with two attached hydrogens (primary N) is 2. The van der Waals surface area contributed by atoms with Crippen LogP contribution in [0.1, 0.15) is 31.7 Å². The number of aromatic hydroxyl groups is 1. The average molecular weight is 468 g/mol. The largest absolute Gasteiger partial charge is 0.508 e. The molecule has 184 valence electrons. The first-order chi connectivity index (χ1) is 15.6. The molecule has 1 rings (SSSR count). The van der Waals surface area contributed by atoms with Crippen molar-refractivity contribution in [3.05, 3.63) is 29.8 Å². The second-order valence-electron chi connectivity index (χ2n) is 7.63. The summed E-state index contributed by atoms with van der Waals surface area (Å²) in [4.78, 5) is 48.9. The van der Waals surface area contributed by atoms with Gasteiger partial charge in [-0.3, -0.25) is 14.4 Å². The van der Waals surface area contributed by atoms with E-state index in [1.54, 1.807) is 12.1 Å². The molecule has 0 fully saturated rings. The molecule has 0 bridgehead atoms. The summed E-state index contributed by atoms with van der Waals surface area (Å²) in [7, 11) is 0. The van der Waals surface area contributed by atoms with E-state index in [1.165, 1.54) is 19.1 Å². The van der Waals surface area contributed by atoms with E-state index in [1.807, 2.05) is 0 Å². The van der Waals surface area contributed by atoms with Crippen LogP contribution in [-0.2, 0) is 25.6 Å². The summed E-state index contributed by atoms with van der Waals surface area (Å²) in [6, 6.07) is 1.33. The summed E-state index contributed by atoms with van der Waals surface area (Å²) >= 11 is 0. The Morgan fingerprint density at radius 1 is 0.939 bits per heavy atom. The van der Waals surface area contributed by atoms with Gasteiger partial charge in [-0.25, -0.2) is 4.79 Å². The fraction of sp³-hybridized carbons (Fsp3) is 0.524. The summed E-state index contributed by atoms with van der Waals surface area (Å²) in [5.74, 6) is -3.37. The number of phenols is 1. The lowest BCUT2D eigenvalue weighted by Gasteiger charge is -2.24. The maximum Gasteiger partial charge on any atom is 0.326 e. The second-order valence-corrected chi connectivity index (χ2v) is 7.63. The van der Waals surface area contributed by atoms with E-state index in [0.717, 1.165) is 0 Å². The molecule has 1 aromatic carbocycles. The van der Waals surface area contributed by atoms with Crippen LogP contribution in [-0.4, -0.2) is 76.3 Å². The van der Waals surface area contributed by atoms with Crippen molar-refractivity contribution in [2.45, 2.75) is 56.8 Å². The quantitative estimate of drug-likeness (QED) is 0.141. The number of aliphatic hydroxyl groups is 1. The Morgan fingerprint density at radius 3 is 2.09 bits per heavy atom. The van der Waals surface area contributed by atoms with Gasteiger partial charge in [0.15, 0.2) is 0 Å². The van der Waals surface area contributed by atoms with Crippen molar-refractivity contribution in [3.63, 3.8) is 0 Å². The number of aliphatic hydroxyl groups excluding tert-OH is 1. The minimum atomic E-state index is -1.21. The number of hydrogen-bond acceptors (Lipinski definition) is 8. The maximum atomic E-state index is 12.9. The zero-order chi connectivity index (χ0) is 25.0. The molecule has 0 heterocycles. The maximum absolute atomic E-state index is 12.9. The Kier molecular flexibility index (Phi) is 11.8. The molecule has 33 heavy (non-hydrogen) atoms. The monoisotopic (exact) mass is 467 g/mol. The molecule has 4 atom stereocenters. The van der Waals surface area contributed by atoms with Crippen LogP contribution in [0.2, 0.25) is 0 Å². The predicted octanol–water partition coefficient (Wildman–Crippen LogP) is -2.06. The van der Waals surface area contributed by atoms with Gasteiger partial charge in [-0.05, 0) is 50.4 Å². The number of unbranched alkanes of at least 4 members (excludes halogenated alkanes) is 1. The van der Waals surface area contributed by atoms with Crippen LogP contribution in [0.5, 0.6) is 5.75 Å². The standard InChI is InChI=1S/C21H33N5O7/c1-12(24-19(30)15(23)11-27)18(29)26-17(10-13-5-7-14(28)8-6-13)20(31)25-16(21(32)33)4-2-3-9-22/h5-8,12,15-17,27-28H,2-4,9-11,22-23H2,1H3,(H,24,30)(H,25,31)(H,26,29)(H,32,33). The lowest BCUT2D eigenvalue weighted by Crippen LogP contribution is -2.57. The fourth-order valence-electron chi connectivity index (χ4n) is 2.87. The average Bonchev–Trinajstić information content (AvgIpc) is 2.78. The number of phenolic OH excluding ortho intramolecular Hbond substituents is 1. The van der Waals surface area contributed by atoms with E-state index in [4.69, 9.17) is 16.6 Å². The number of rotatable bonds is 14. The number of carbonyl (C=O) groups is 4. The van der Waals surface area contributed by atoms with Crippen molar-refractivity contribution in [2.75, 3.05) is 13.2 Å². The van der Waals surface area contributed by atoms with Gasteiger partial charge >= 0.3 is 5.97 Å². The molecule has 12 nitrogen and oxygen atoms in total. The van der Waals surface area contributed by atoms with Gasteiger partial charge in [-0.1, -0.05) is 12.1 Å². The molecule has 3 amide bonds. The highest BCUT2D eigenvalue weighted by atomic mass is 16.4. The van der Waals surface area contributed by atoms with Crippen molar-refractivity contribution >= 4 is 23.7 Å². The molecule has 0 radical (unpaired) electrons. The molecule has 0 spiro atoms. The molecule has 12 heteroatoms. The molecule has 10 N–H and O–H groups in total. The Labute approximate surface area is 191 Å². The van der Waals surface area contributed by atoms with Gasteiger partial charge in [0.05, 0.1) is 6.61 Å². The van der Waals surface area contributed by atoms with Crippen LogP contribution >= 0.6 is 0 Å². The first-order valence-corrected chi connectivity index (χ1v) is 10.6. The summed E-state index contributed by atoms with van der Waals surface area (Å²) in [6.07, 6.45) is 1.27. The van der Waals surface area contributed by atoms with Gasteiger partial charge < -0.3 is 42.7 Å². The first kappa shape index (κ1) is 27.8.